The topological polar surface area (TPSA) is 46.2 Å². The van der Waals surface area contributed by atoms with E-state index < -0.39 is 10.0 Å². The standard InChI is InChI=1S/C8H19NO2S/c1-7(2)5-8(3)6-12(10,11)9-4/h7-9H,5-6H2,1-4H3. The van der Waals surface area contributed by atoms with Crippen molar-refractivity contribution in [3.63, 3.8) is 0 Å². The van der Waals surface area contributed by atoms with Crippen LogP contribution in [0.15, 0.2) is 0 Å². The molecule has 0 spiro atoms. The third-order valence-electron chi connectivity index (χ3n) is 1.69. The molecule has 0 aromatic carbocycles. The number of hydrogen-bond acceptors (Lipinski definition) is 2. The van der Waals surface area contributed by atoms with Gasteiger partial charge in [-0.2, -0.15) is 0 Å². The van der Waals surface area contributed by atoms with Crippen molar-refractivity contribution in [2.24, 2.45) is 11.8 Å². The Balaban J connectivity index is 3.93. The molecule has 0 bridgehead atoms. The van der Waals surface area contributed by atoms with Crippen LogP contribution in [0.1, 0.15) is 27.2 Å². The summed E-state index contributed by atoms with van der Waals surface area (Å²) in [6, 6.07) is 0. The van der Waals surface area contributed by atoms with Crippen molar-refractivity contribution in [1.29, 1.82) is 0 Å². The van der Waals surface area contributed by atoms with Crippen LogP contribution in [0.2, 0.25) is 0 Å². The monoisotopic (exact) mass is 193 g/mol. The zero-order valence-electron chi connectivity index (χ0n) is 8.29. The Morgan fingerprint density at radius 3 is 2.08 bits per heavy atom. The molecule has 1 N–H and O–H groups in total. The van der Waals surface area contributed by atoms with E-state index in [1.807, 2.05) is 6.92 Å². The normalized spacial score (nSPS) is 15.1. The highest BCUT2D eigenvalue weighted by Gasteiger charge is 2.14. The number of sulfonamides is 1. The minimum absolute atomic E-state index is 0.238. The maximum absolute atomic E-state index is 11.1. The second-order valence-electron chi connectivity index (χ2n) is 3.72. The van der Waals surface area contributed by atoms with Crippen LogP contribution in [-0.2, 0) is 10.0 Å². The molecule has 3 nitrogen and oxygen atoms in total. The van der Waals surface area contributed by atoms with Crippen molar-refractivity contribution < 1.29 is 8.42 Å². The molecule has 0 aliphatic heterocycles. The minimum Gasteiger partial charge on any atom is -0.218 e. The van der Waals surface area contributed by atoms with E-state index in [2.05, 4.69) is 18.6 Å². The number of rotatable bonds is 5. The van der Waals surface area contributed by atoms with E-state index in [4.69, 9.17) is 0 Å². The summed E-state index contributed by atoms with van der Waals surface area (Å²) >= 11 is 0. The Kier molecular flexibility index (Phi) is 4.78. The highest BCUT2D eigenvalue weighted by Crippen LogP contribution is 2.12. The molecule has 0 amide bonds. The Bertz CT molecular complexity index is 209. The first-order valence-corrected chi connectivity index (χ1v) is 5.94. The molecule has 74 valence electrons. The van der Waals surface area contributed by atoms with Crippen LogP contribution in [0.5, 0.6) is 0 Å². The summed E-state index contributed by atoms with van der Waals surface area (Å²) in [4.78, 5) is 0. The lowest BCUT2D eigenvalue weighted by Crippen LogP contribution is -2.26. The Labute approximate surface area is 75.6 Å². The second kappa shape index (κ2) is 4.82. The van der Waals surface area contributed by atoms with Gasteiger partial charge < -0.3 is 0 Å². The zero-order valence-corrected chi connectivity index (χ0v) is 9.11. The first-order valence-electron chi connectivity index (χ1n) is 4.28. The lowest BCUT2D eigenvalue weighted by molar-refractivity contribution is 0.464. The lowest BCUT2D eigenvalue weighted by atomic mass is 10.0. The number of hydrogen-bond donors (Lipinski definition) is 1. The van der Waals surface area contributed by atoms with Crippen LogP contribution in [0.3, 0.4) is 0 Å². The fourth-order valence-electron chi connectivity index (χ4n) is 1.33. The average Bonchev–Trinajstić information content (AvgIpc) is 1.84. The minimum atomic E-state index is -3.01. The van der Waals surface area contributed by atoms with Gasteiger partial charge in [-0.25, -0.2) is 13.1 Å². The van der Waals surface area contributed by atoms with Gasteiger partial charge >= 0.3 is 0 Å². The van der Waals surface area contributed by atoms with Crippen molar-refractivity contribution >= 4 is 10.0 Å². The quantitative estimate of drug-likeness (QED) is 0.713. The Hall–Kier alpha value is -0.0900. The van der Waals surface area contributed by atoms with E-state index in [9.17, 15) is 8.42 Å². The maximum atomic E-state index is 11.1. The highest BCUT2D eigenvalue weighted by atomic mass is 32.2. The first-order chi connectivity index (χ1) is 5.37. The average molecular weight is 193 g/mol. The molecule has 1 unspecified atom stereocenters. The van der Waals surface area contributed by atoms with Crippen molar-refractivity contribution in [1.82, 2.24) is 4.72 Å². The molecule has 0 heterocycles. The Morgan fingerprint density at radius 1 is 1.25 bits per heavy atom. The first kappa shape index (κ1) is 11.9. The summed E-state index contributed by atoms with van der Waals surface area (Å²) in [6.07, 6.45) is 0.959. The number of nitrogens with one attached hydrogen (secondary N) is 1. The fraction of sp³-hybridized carbons (Fsp3) is 1.00. The van der Waals surface area contributed by atoms with Gasteiger partial charge in [0.2, 0.25) is 10.0 Å². The van der Waals surface area contributed by atoms with Gasteiger partial charge in [0.25, 0.3) is 0 Å². The van der Waals surface area contributed by atoms with Gasteiger partial charge in [-0.15, -0.1) is 0 Å². The van der Waals surface area contributed by atoms with Crippen molar-refractivity contribution in [3.05, 3.63) is 0 Å². The predicted molar refractivity (Wildman–Crippen MR) is 51.5 cm³/mol. The van der Waals surface area contributed by atoms with Gasteiger partial charge in [0.05, 0.1) is 5.75 Å². The van der Waals surface area contributed by atoms with Crippen molar-refractivity contribution in [2.45, 2.75) is 27.2 Å². The molecule has 0 fully saturated rings. The van der Waals surface area contributed by atoms with Crippen LogP contribution in [-0.4, -0.2) is 21.2 Å². The van der Waals surface area contributed by atoms with Crippen molar-refractivity contribution in [2.75, 3.05) is 12.8 Å². The SMILES string of the molecule is CNS(=O)(=O)CC(C)CC(C)C. The molecule has 12 heavy (non-hydrogen) atoms. The van der Waals surface area contributed by atoms with Crippen LogP contribution in [0, 0.1) is 11.8 Å². The zero-order chi connectivity index (χ0) is 9.78. The van der Waals surface area contributed by atoms with Crippen LogP contribution in [0.4, 0.5) is 0 Å². The van der Waals surface area contributed by atoms with E-state index in [-0.39, 0.29) is 11.7 Å². The molecule has 0 saturated carbocycles. The molecular formula is C8H19NO2S. The van der Waals surface area contributed by atoms with Gasteiger partial charge in [-0.05, 0) is 25.3 Å². The Morgan fingerprint density at radius 2 is 1.75 bits per heavy atom. The van der Waals surface area contributed by atoms with E-state index in [1.54, 1.807) is 0 Å². The summed E-state index contributed by atoms with van der Waals surface area (Å²) in [5.74, 6) is 1.04. The molecule has 0 aromatic heterocycles. The predicted octanol–water partition coefficient (Wildman–Crippen LogP) is 1.22. The summed E-state index contributed by atoms with van der Waals surface area (Å²) in [7, 11) is -1.56. The molecule has 0 aliphatic rings. The smallest absolute Gasteiger partial charge is 0.211 e. The lowest BCUT2D eigenvalue weighted by Gasteiger charge is -2.13. The molecule has 1 atom stereocenters. The second-order valence-corrected chi connectivity index (χ2v) is 5.69. The van der Waals surface area contributed by atoms with Gasteiger partial charge in [-0.1, -0.05) is 20.8 Å². The highest BCUT2D eigenvalue weighted by molar-refractivity contribution is 7.89. The summed E-state index contributed by atoms with van der Waals surface area (Å²) in [6.45, 7) is 6.17. The molecule has 0 radical (unpaired) electrons. The van der Waals surface area contributed by atoms with Crippen LogP contribution in [0.25, 0.3) is 0 Å². The van der Waals surface area contributed by atoms with E-state index in [0.29, 0.717) is 5.92 Å². The van der Waals surface area contributed by atoms with Gasteiger partial charge in [0.1, 0.15) is 0 Å². The molecule has 0 rings (SSSR count). The third-order valence-corrected chi connectivity index (χ3v) is 3.32. The summed E-state index contributed by atoms with van der Waals surface area (Å²) < 4.78 is 24.5. The fourth-order valence-corrected chi connectivity index (χ4v) is 2.38. The molecule has 0 aliphatic carbocycles. The van der Waals surface area contributed by atoms with E-state index in [0.717, 1.165) is 6.42 Å². The third kappa shape index (κ3) is 5.55. The molecule has 0 aromatic rings. The van der Waals surface area contributed by atoms with E-state index in [1.165, 1.54) is 7.05 Å². The van der Waals surface area contributed by atoms with Gasteiger partial charge in [0.15, 0.2) is 0 Å². The van der Waals surface area contributed by atoms with Gasteiger partial charge in [0, 0.05) is 0 Å². The van der Waals surface area contributed by atoms with Gasteiger partial charge in [-0.3, -0.25) is 0 Å². The molecular weight excluding hydrogens is 174 g/mol. The molecule has 0 saturated heterocycles. The molecule has 4 heteroatoms. The van der Waals surface area contributed by atoms with Crippen LogP contribution >= 0.6 is 0 Å². The van der Waals surface area contributed by atoms with E-state index >= 15 is 0 Å². The largest absolute Gasteiger partial charge is 0.218 e. The maximum Gasteiger partial charge on any atom is 0.211 e. The summed E-state index contributed by atoms with van der Waals surface area (Å²) in [5.41, 5.74) is 0. The van der Waals surface area contributed by atoms with Crippen molar-refractivity contribution in [3.8, 4) is 0 Å². The van der Waals surface area contributed by atoms with Crippen LogP contribution < -0.4 is 4.72 Å². The summed E-state index contributed by atoms with van der Waals surface area (Å²) in [5, 5.41) is 0.